The SMILES string of the molecule is CCOC(=O)c1ccsc1NC(=O)CSc1n[nH]c(-c2ccc(OC)cc2OC)n1. The largest absolute Gasteiger partial charge is 0.497 e. The van der Waals surface area contributed by atoms with Gasteiger partial charge in [-0.05, 0) is 30.5 Å². The summed E-state index contributed by atoms with van der Waals surface area (Å²) in [5, 5.41) is 12.3. The number of hydrogen-bond acceptors (Lipinski definition) is 9. The summed E-state index contributed by atoms with van der Waals surface area (Å²) in [6.45, 7) is 2.00. The number of anilines is 1. The van der Waals surface area contributed by atoms with Crippen LogP contribution in [0.5, 0.6) is 11.5 Å². The molecule has 0 saturated heterocycles. The van der Waals surface area contributed by atoms with Gasteiger partial charge in [0.05, 0.1) is 37.7 Å². The number of nitrogens with one attached hydrogen (secondary N) is 2. The summed E-state index contributed by atoms with van der Waals surface area (Å²) in [6, 6.07) is 6.98. The molecule has 2 N–H and O–H groups in total. The Balaban J connectivity index is 1.62. The van der Waals surface area contributed by atoms with Crippen molar-refractivity contribution in [1.29, 1.82) is 0 Å². The van der Waals surface area contributed by atoms with E-state index in [1.807, 2.05) is 6.07 Å². The molecule has 2 aromatic heterocycles. The molecule has 0 bridgehead atoms. The van der Waals surface area contributed by atoms with Gasteiger partial charge in [-0.25, -0.2) is 9.78 Å². The number of H-pyrrole nitrogens is 1. The van der Waals surface area contributed by atoms with E-state index < -0.39 is 5.97 Å². The van der Waals surface area contributed by atoms with Gasteiger partial charge in [0.2, 0.25) is 11.1 Å². The van der Waals surface area contributed by atoms with Crippen LogP contribution in [-0.4, -0.2) is 53.6 Å². The van der Waals surface area contributed by atoms with Gasteiger partial charge in [-0.15, -0.1) is 16.4 Å². The van der Waals surface area contributed by atoms with Crippen LogP contribution in [0.25, 0.3) is 11.4 Å². The molecule has 1 aromatic carbocycles. The van der Waals surface area contributed by atoms with E-state index in [-0.39, 0.29) is 18.3 Å². The van der Waals surface area contributed by atoms with Crippen molar-refractivity contribution in [3.8, 4) is 22.9 Å². The average Bonchev–Trinajstić information content (AvgIpc) is 3.41. The number of ether oxygens (including phenoxy) is 3. The Morgan fingerprint density at radius 1 is 1.23 bits per heavy atom. The van der Waals surface area contributed by atoms with Gasteiger partial charge in [-0.1, -0.05) is 11.8 Å². The number of esters is 1. The van der Waals surface area contributed by atoms with Gasteiger partial charge in [0.15, 0.2) is 5.82 Å². The third kappa shape index (κ3) is 5.10. The average molecular weight is 449 g/mol. The van der Waals surface area contributed by atoms with Gasteiger partial charge < -0.3 is 19.5 Å². The number of carbonyl (C=O) groups is 2. The minimum absolute atomic E-state index is 0.0806. The lowest BCUT2D eigenvalue weighted by Crippen LogP contribution is -2.16. The lowest BCUT2D eigenvalue weighted by atomic mass is 10.2. The van der Waals surface area contributed by atoms with Crippen molar-refractivity contribution in [1.82, 2.24) is 15.2 Å². The second kappa shape index (κ2) is 10.1. The van der Waals surface area contributed by atoms with Crippen LogP contribution in [0.1, 0.15) is 17.3 Å². The molecule has 0 aliphatic rings. The molecule has 1 amide bonds. The first-order valence-corrected chi connectivity index (χ1v) is 10.7. The van der Waals surface area contributed by atoms with Gasteiger partial charge in [0.1, 0.15) is 16.5 Å². The van der Waals surface area contributed by atoms with E-state index in [2.05, 4.69) is 20.5 Å². The van der Waals surface area contributed by atoms with Gasteiger partial charge in [0.25, 0.3) is 0 Å². The number of aromatic nitrogens is 3. The van der Waals surface area contributed by atoms with Crippen molar-refractivity contribution in [3.63, 3.8) is 0 Å². The summed E-state index contributed by atoms with van der Waals surface area (Å²) in [7, 11) is 3.14. The summed E-state index contributed by atoms with van der Waals surface area (Å²) < 4.78 is 15.6. The highest BCUT2D eigenvalue weighted by molar-refractivity contribution is 7.99. The molecule has 0 aliphatic carbocycles. The van der Waals surface area contributed by atoms with E-state index in [4.69, 9.17) is 14.2 Å². The highest BCUT2D eigenvalue weighted by Gasteiger charge is 2.17. The maximum atomic E-state index is 12.3. The highest BCUT2D eigenvalue weighted by atomic mass is 32.2. The third-order valence-electron chi connectivity index (χ3n) is 3.87. The van der Waals surface area contributed by atoms with E-state index >= 15 is 0 Å². The number of nitrogens with zero attached hydrogens (tertiary/aromatic N) is 2. The molecule has 0 spiro atoms. The fraction of sp³-hybridized carbons (Fsp3) is 0.263. The molecule has 0 fully saturated rings. The zero-order valence-corrected chi connectivity index (χ0v) is 18.2. The number of thiophene rings is 1. The quantitative estimate of drug-likeness (QED) is 0.378. The molecule has 0 saturated carbocycles. The van der Waals surface area contributed by atoms with E-state index in [1.165, 1.54) is 23.1 Å². The smallest absolute Gasteiger partial charge is 0.341 e. The van der Waals surface area contributed by atoms with Gasteiger partial charge in [-0.2, -0.15) is 0 Å². The van der Waals surface area contributed by atoms with Crippen molar-refractivity contribution in [2.75, 3.05) is 31.9 Å². The zero-order chi connectivity index (χ0) is 21.5. The molecule has 0 atom stereocenters. The Morgan fingerprint density at radius 3 is 2.80 bits per heavy atom. The lowest BCUT2D eigenvalue weighted by Gasteiger charge is -2.07. The molecule has 9 nitrogen and oxygen atoms in total. The van der Waals surface area contributed by atoms with Gasteiger partial charge in [-0.3, -0.25) is 9.89 Å². The highest BCUT2D eigenvalue weighted by Crippen LogP contribution is 2.32. The Bertz CT molecular complexity index is 1030. The number of aromatic amines is 1. The molecule has 3 rings (SSSR count). The van der Waals surface area contributed by atoms with Crippen LogP contribution in [0.15, 0.2) is 34.8 Å². The predicted octanol–water partition coefficient (Wildman–Crippen LogP) is 3.46. The van der Waals surface area contributed by atoms with Crippen molar-refractivity contribution < 1.29 is 23.8 Å². The van der Waals surface area contributed by atoms with Crippen LogP contribution < -0.4 is 14.8 Å². The van der Waals surface area contributed by atoms with Crippen LogP contribution in [0.2, 0.25) is 0 Å². The molecule has 0 radical (unpaired) electrons. The van der Waals surface area contributed by atoms with Crippen LogP contribution >= 0.6 is 23.1 Å². The second-order valence-corrected chi connectivity index (χ2v) is 7.61. The number of hydrogen-bond donors (Lipinski definition) is 2. The first kappa shape index (κ1) is 21.7. The van der Waals surface area contributed by atoms with E-state index in [9.17, 15) is 9.59 Å². The van der Waals surface area contributed by atoms with Crippen LogP contribution in [0, 0.1) is 0 Å². The normalized spacial score (nSPS) is 10.5. The Labute approximate surface area is 181 Å². The summed E-state index contributed by atoms with van der Waals surface area (Å²) in [5.41, 5.74) is 1.06. The second-order valence-electron chi connectivity index (χ2n) is 5.75. The summed E-state index contributed by atoms with van der Waals surface area (Å²) in [4.78, 5) is 28.6. The van der Waals surface area contributed by atoms with E-state index in [1.54, 1.807) is 44.7 Å². The first-order valence-electron chi connectivity index (χ1n) is 8.87. The first-order chi connectivity index (χ1) is 14.5. The Hall–Kier alpha value is -3.05. The molecule has 2 heterocycles. The van der Waals surface area contributed by atoms with E-state index in [0.717, 1.165) is 5.56 Å². The lowest BCUT2D eigenvalue weighted by molar-refractivity contribution is -0.113. The van der Waals surface area contributed by atoms with Crippen LogP contribution in [0.4, 0.5) is 5.00 Å². The van der Waals surface area contributed by atoms with Crippen LogP contribution in [0.3, 0.4) is 0 Å². The summed E-state index contributed by atoms with van der Waals surface area (Å²) in [5.74, 6) is 1.11. The van der Waals surface area contributed by atoms with Crippen molar-refractivity contribution >= 4 is 40.0 Å². The zero-order valence-electron chi connectivity index (χ0n) is 16.6. The minimum atomic E-state index is -0.464. The molecule has 3 aromatic rings. The van der Waals surface area contributed by atoms with Crippen molar-refractivity contribution in [3.05, 3.63) is 35.2 Å². The van der Waals surface area contributed by atoms with E-state index in [0.29, 0.717) is 33.0 Å². The standard InChI is InChI=1S/C19H20N4O5S2/c1-4-28-18(25)13-7-8-29-17(13)20-15(24)10-30-19-21-16(22-23-19)12-6-5-11(26-2)9-14(12)27-3/h5-9H,4,10H2,1-3H3,(H,20,24)(H,21,22,23). The minimum Gasteiger partial charge on any atom is -0.497 e. The van der Waals surface area contributed by atoms with Gasteiger partial charge in [0, 0.05) is 6.07 Å². The molecule has 0 unspecified atom stereocenters. The number of methoxy groups -OCH3 is 2. The Kier molecular flexibility index (Phi) is 7.31. The topological polar surface area (TPSA) is 115 Å². The number of amides is 1. The fourth-order valence-electron chi connectivity index (χ4n) is 2.49. The predicted molar refractivity (Wildman–Crippen MR) is 115 cm³/mol. The van der Waals surface area contributed by atoms with Crippen molar-refractivity contribution in [2.24, 2.45) is 0 Å². The Morgan fingerprint density at radius 2 is 2.07 bits per heavy atom. The number of thioether (sulfide) groups is 1. The number of carbonyl (C=O) groups excluding carboxylic acids is 2. The molecule has 11 heteroatoms. The molecule has 0 aliphatic heterocycles. The van der Waals surface area contributed by atoms with Crippen LogP contribution in [-0.2, 0) is 9.53 Å². The molecular weight excluding hydrogens is 428 g/mol. The molecule has 30 heavy (non-hydrogen) atoms. The molecular formula is C19H20N4O5S2. The number of rotatable bonds is 9. The third-order valence-corrected chi connectivity index (χ3v) is 5.55. The maximum absolute atomic E-state index is 12.3. The summed E-state index contributed by atoms with van der Waals surface area (Å²) in [6.07, 6.45) is 0. The monoisotopic (exact) mass is 448 g/mol. The maximum Gasteiger partial charge on any atom is 0.341 e. The van der Waals surface area contributed by atoms with Crippen molar-refractivity contribution in [2.45, 2.75) is 12.1 Å². The number of benzene rings is 1. The molecule has 158 valence electrons. The van der Waals surface area contributed by atoms with Gasteiger partial charge >= 0.3 is 5.97 Å². The summed E-state index contributed by atoms with van der Waals surface area (Å²) >= 11 is 2.43. The fourth-order valence-corrected chi connectivity index (χ4v) is 3.88.